The maximum atomic E-state index is 12.6. The zero-order valence-electron chi connectivity index (χ0n) is 16.3. The van der Waals surface area contributed by atoms with Crippen LogP contribution in [0.15, 0.2) is 51.8 Å². The number of nitrogens with one attached hydrogen (secondary N) is 1. The van der Waals surface area contributed by atoms with E-state index in [4.69, 9.17) is 9.47 Å². The van der Waals surface area contributed by atoms with Gasteiger partial charge in [0.25, 0.3) is 11.1 Å². The van der Waals surface area contributed by atoms with Gasteiger partial charge in [-0.15, -0.1) is 0 Å². The van der Waals surface area contributed by atoms with Crippen molar-refractivity contribution in [3.8, 4) is 11.5 Å². The average molecular weight is 491 g/mol. The van der Waals surface area contributed by atoms with E-state index >= 15 is 0 Å². The highest BCUT2D eigenvalue weighted by Gasteiger charge is 2.36. The second-order valence-corrected chi connectivity index (χ2v) is 8.01. The second-order valence-electron chi connectivity index (χ2n) is 6.17. The Morgan fingerprint density at radius 2 is 1.93 bits per heavy atom. The molecule has 1 saturated heterocycles. The highest BCUT2D eigenvalue weighted by Crippen LogP contribution is 2.33. The van der Waals surface area contributed by atoms with Crippen LogP contribution in [0.1, 0.15) is 12.5 Å². The van der Waals surface area contributed by atoms with Crippen molar-refractivity contribution in [2.24, 2.45) is 0 Å². The van der Waals surface area contributed by atoms with Gasteiger partial charge in [-0.2, -0.15) is 0 Å². The molecule has 0 atom stereocenters. The van der Waals surface area contributed by atoms with Gasteiger partial charge in [-0.1, -0.05) is 6.07 Å². The number of hydrogen-bond acceptors (Lipinski definition) is 6. The van der Waals surface area contributed by atoms with E-state index in [1.807, 2.05) is 6.92 Å². The van der Waals surface area contributed by atoms with Gasteiger partial charge in [-0.25, -0.2) is 0 Å². The van der Waals surface area contributed by atoms with E-state index in [9.17, 15) is 14.4 Å². The number of carbonyl (C=O) groups is 3. The maximum absolute atomic E-state index is 12.6. The first-order valence-electron chi connectivity index (χ1n) is 9.03. The van der Waals surface area contributed by atoms with Crippen LogP contribution in [0, 0.1) is 0 Å². The van der Waals surface area contributed by atoms with Gasteiger partial charge in [0.1, 0.15) is 18.0 Å². The number of methoxy groups -OCH3 is 1. The van der Waals surface area contributed by atoms with Crippen molar-refractivity contribution in [2.75, 3.05) is 25.6 Å². The fourth-order valence-corrected chi connectivity index (χ4v) is 4.10. The van der Waals surface area contributed by atoms with Crippen molar-refractivity contribution >= 4 is 56.5 Å². The molecule has 0 unspecified atom stereocenters. The van der Waals surface area contributed by atoms with Crippen LogP contribution in [0.4, 0.5) is 10.5 Å². The second kappa shape index (κ2) is 9.82. The Morgan fingerprint density at radius 3 is 2.57 bits per heavy atom. The molecule has 30 heavy (non-hydrogen) atoms. The molecule has 1 aliphatic heterocycles. The molecule has 0 aliphatic carbocycles. The monoisotopic (exact) mass is 490 g/mol. The largest absolute Gasteiger partial charge is 0.496 e. The van der Waals surface area contributed by atoms with Crippen LogP contribution in [-0.2, 0) is 9.59 Å². The van der Waals surface area contributed by atoms with Gasteiger partial charge in [0.15, 0.2) is 0 Å². The van der Waals surface area contributed by atoms with E-state index < -0.39 is 17.1 Å². The minimum Gasteiger partial charge on any atom is -0.496 e. The molecule has 0 saturated carbocycles. The molecule has 9 heteroatoms. The number of thioether (sulfide) groups is 1. The summed E-state index contributed by atoms with van der Waals surface area (Å²) in [4.78, 5) is 38.4. The molecule has 1 N–H and O–H groups in total. The van der Waals surface area contributed by atoms with Gasteiger partial charge in [-0.3, -0.25) is 19.3 Å². The Bertz CT molecular complexity index is 1010. The van der Waals surface area contributed by atoms with Crippen molar-refractivity contribution in [1.82, 2.24) is 4.90 Å². The lowest BCUT2D eigenvalue weighted by atomic mass is 10.2. The molecular weight excluding hydrogens is 472 g/mol. The van der Waals surface area contributed by atoms with Gasteiger partial charge in [0, 0.05) is 5.69 Å². The van der Waals surface area contributed by atoms with Crippen LogP contribution in [-0.4, -0.2) is 42.2 Å². The summed E-state index contributed by atoms with van der Waals surface area (Å²) in [7, 11) is 1.56. The highest BCUT2D eigenvalue weighted by atomic mass is 79.9. The standard InChI is InChI=1S/C21H19BrN2O5S/c1-3-29-15-7-5-14(6-8-15)23-19(25)12-24-20(26)18(30-21(24)27)11-13-4-9-17(28-2)16(22)10-13/h4-11H,3,12H2,1-2H3,(H,23,25)/b18-11+. The van der Waals surface area contributed by atoms with Crippen molar-refractivity contribution < 1.29 is 23.9 Å². The van der Waals surface area contributed by atoms with Crippen LogP contribution < -0.4 is 14.8 Å². The lowest BCUT2D eigenvalue weighted by Gasteiger charge is -2.12. The lowest BCUT2D eigenvalue weighted by molar-refractivity contribution is -0.127. The number of imide groups is 1. The Labute approximate surface area is 186 Å². The zero-order valence-corrected chi connectivity index (χ0v) is 18.7. The molecule has 0 spiro atoms. The first-order chi connectivity index (χ1) is 14.4. The molecule has 156 valence electrons. The molecule has 0 aromatic heterocycles. The number of ether oxygens (including phenoxy) is 2. The Morgan fingerprint density at radius 1 is 1.20 bits per heavy atom. The number of halogens is 1. The van der Waals surface area contributed by atoms with E-state index in [0.717, 1.165) is 26.7 Å². The van der Waals surface area contributed by atoms with E-state index in [2.05, 4.69) is 21.2 Å². The van der Waals surface area contributed by atoms with Crippen molar-refractivity contribution in [3.63, 3.8) is 0 Å². The first-order valence-corrected chi connectivity index (χ1v) is 10.6. The fraction of sp³-hybridized carbons (Fsp3) is 0.190. The normalized spacial score (nSPS) is 14.9. The van der Waals surface area contributed by atoms with Gasteiger partial charge >= 0.3 is 0 Å². The lowest BCUT2D eigenvalue weighted by Crippen LogP contribution is -2.36. The van der Waals surface area contributed by atoms with Crippen LogP contribution in [0.5, 0.6) is 11.5 Å². The van der Waals surface area contributed by atoms with E-state index in [-0.39, 0.29) is 11.4 Å². The maximum Gasteiger partial charge on any atom is 0.294 e. The molecule has 1 heterocycles. The molecule has 0 bridgehead atoms. The molecule has 1 fully saturated rings. The van der Waals surface area contributed by atoms with Gasteiger partial charge in [0.05, 0.1) is 23.1 Å². The van der Waals surface area contributed by atoms with Gasteiger partial charge in [-0.05, 0) is 82.7 Å². The third-order valence-electron chi connectivity index (χ3n) is 4.10. The van der Waals surface area contributed by atoms with E-state index in [1.165, 1.54) is 0 Å². The highest BCUT2D eigenvalue weighted by molar-refractivity contribution is 9.10. The number of carbonyl (C=O) groups excluding carboxylic acids is 3. The van der Waals surface area contributed by atoms with Crippen LogP contribution in [0.25, 0.3) is 6.08 Å². The summed E-state index contributed by atoms with van der Waals surface area (Å²) < 4.78 is 11.3. The molecule has 1 aliphatic rings. The fourth-order valence-electron chi connectivity index (χ4n) is 2.71. The molecule has 2 aromatic rings. The third kappa shape index (κ3) is 5.22. The summed E-state index contributed by atoms with van der Waals surface area (Å²) in [5, 5.41) is 2.19. The summed E-state index contributed by atoms with van der Waals surface area (Å²) in [6, 6.07) is 12.2. The summed E-state index contributed by atoms with van der Waals surface area (Å²) in [5.41, 5.74) is 1.28. The predicted octanol–water partition coefficient (Wildman–Crippen LogP) is 4.53. The quantitative estimate of drug-likeness (QED) is 0.573. The summed E-state index contributed by atoms with van der Waals surface area (Å²) in [6.07, 6.45) is 1.61. The number of amides is 3. The van der Waals surface area contributed by atoms with Crippen LogP contribution in [0.2, 0.25) is 0 Å². The number of hydrogen-bond donors (Lipinski definition) is 1. The smallest absolute Gasteiger partial charge is 0.294 e. The average Bonchev–Trinajstić information content (AvgIpc) is 2.97. The Hall–Kier alpha value is -2.78. The number of rotatable bonds is 7. The predicted molar refractivity (Wildman–Crippen MR) is 120 cm³/mol. The van der Waals surface area contributed by atoms with Crippen molar-refractivity contribution in [2.45, 2.75) is 6.92 Å². The SMILES string of the molecule is CCOc1ccc(NC(=O)CN2C(=O)S/C(=C/c3ccc(OC)c(Br)c3)C2=O)cc1. The van der Waals surface area contributed by atoms with Crippen molar-refractivity contribution in [3.05, 3.63) is 57.4 Å². The molecule has 7 nitrogen and oxygen atoms in total. The molecule has 3 amide bonds. The first kappa shape index (κ1) is 21.9. The summed E-state index contributed by atoms with van der Waals surface area (Å²) in [5.74, 6) is 0.386. The van der Waals surface area contributed by atoms with Crippen molar-refractivity contribution in [1.29, 1.82) is 0 Å². The summed E-state index contributed by atoms with van der Waals surface area (Å²) in [6.45, 7) is 2.07. The van der Waals surface area contributed by atoms with E-state index in [1.54, 1.807) is 55.7 Å². The Kier molecular flexibility index (Phi) is 7.17. The number of nitrogens with zero attached hydrogens (tertiary/aromatic N) is 1. The Balaban J connectivity index is 1.65. The van der Waals surface area contributed by atoms with Crippen LogP contribution in [0.3, 0.4) is 0 Å². The summed E-state index contributed by atoms with van der Waals surface area (Å²) >= 11 is 4.19. The molecule has 3 rings (SSSR count). The third-order valence-corrected chi connectivity index (χ3v) is 5.63. The molecule has 2 aromatic carbocycles. The number of anilines is 1. The molecule has 0 radical (unpaired) electrons. The minimum atomic E-state index is -0.501. The molecular formula is C21H19BrN2O5S. The van der Waals surface area contributed by atoms with Crippen LogP contribution >= 0.6 is 27.7 Å². The minimum absolute atomic E-state index is 0.255. The van der Waals surface area contributed by atoms with Gasteiger partial charge < -0.3 is 14.8 Å². The zero-order chi connectivity index (χ0) is 21.7. The van der Waals surface area contributed by atoms with Gasteiger partial charge in [0.2, 0.25) is 5.91 Å². The number of benzene rings is 2. The topological polar surface area (TPSA) is 84.9 Å². The van der Waals surface area contributed by atoms with E-state index in [0.29, 0.717) is 23.8 Å².